The number of nitrogens with zero attached hydrogens (tertiary/aromatic N) is 2. The van der Waals surface area contributed by atoms with E-state index >= 15 is 0 Å². The second-order valence-electron chi connectivity index (χ2n) is 9.82. The average molecular weight is 569 g/mol. The van der Waals surface area contributed by atoms with Gasteiger partial charge in [-0.1, -0.05) is 78.1 Å². The molecule has 0 saturated heterocycles. The van der Waals surface area contributed by atoms with Gasteiger partial charge in [-0.3, -0.25) is 9.36 Å². The summed E-state index contributed by atoms with van der Waals surface area (Å²) < 4.78 is 19.7. The number of esters is 1. The fourth-order valence-corrected chi connectivity index (χ4v) is 5.80. The topological polar surface area (TPSA) is 79.1 Å². The highest BCUT2D eigenvalue weighted by molar-refractivity contribution is 7.07. The number of aromatic nitrogens is 1. The molecule has 5 rings (SSSR count). The Kier molecular flexibility index (Phi) is 8.50. The second kappa shape index (κ2) is 12.4. The van der Waals surface area contributed by atoms with Crippen LogP contribution in [0.25, 0.3) is 6.08 Å². The van der Waals surface area contributed by atoms with Crippen LogP contribution in [0.4, 0.5) is 0 Å². The molecular formula is C33H32N2O5S. The molecule has 1 aliphatic rings. The Morgan fingerprint density at radius 1 is 1.00 bits per heavy atom. The highest BCUT2D eigenvalue weighted by atomic mass is 32.1. The van der Waals surface area contributed by atoms with Crippen LogP contribution in [0, 0.1) is 0 Å². The van der Waals surface area contributed by atoms with E-state index in [1.54, 1.807) is 18.4 Å². The summed E-state index contributed by atoms with van der Waals surface area (Å²) in [5.74, 6) is 0.753. The number of carbonyl (C=O) groups is 1. The minimum atomic E-state index is -0.757. The van der Waals surface area contributed by atoms with Crippen LogP contribution < -0.4 is 24.4 Å². The van der Waals surface area contributed by atoms with Crippen LogP contribution in [0.1, 0.15) is 50.4 Å². The van der Waals surface area contributed by atoms with E-state index in [1.165, 1.54) is 11.3 Å². The molecule has 4 aromatic rings. The summed E-state index contributed by atoms with van der Waals surface area (Å²) >= 11 is 1.27. The van der Waals surface area contributed by atoms with Crippen LogP contribution in [0.5, 0.6) is 11.5 Å². The molecule has 0 unspecified atom stereocenters. The first kappa shape index (κ1) is 28.1. The van der Waals surface area contributed by atoms with E-state index in [0.717, 1.165) is 11.1 Å². The summed E-state index contributed by atoms with van der Waals surface area (Å²) in [6, 6.07) is 24.2. The molecule has 0 radical (unpaired) electrons. The molecule has 0 saturated carbocycles. The summed E-state index contributed by atoms with van der Waals surface area (Å²) in [5, 5.41) is 0. The molecule has 0 bridgehead atoms. The number of rotatable bonds is 9. The normalized spacial score (nSPS) is 15.0. The molecule has 2 heterocycles. The minimum Gasteiger partial charge on any atom is -0.491 e. The van der Waals surface area contributed by atoms with Crippen molar-refractivity contribution in [2.45, 2.75) is 46.4 Å². The van der Waals surface area contributed by atoms with E-state index in [9.17, 15) is 9.59 Å². The quantitative estimate of drug-likeness (QED) is 0.261. The largest absolute Gasteiger partial charge is 0.491 e. The molecule has 0 spiro atoms. The van der Waals surface area contributed by atoms with E-state index in [-0.39, 0.29) is 18.3 Å². The van der Waals surface area contributed by atoms with E-state index in [2.05, 4.69) is 4.99 Å². The Morgan fingerprint density at radius 3 is 2.41 bits per heavy atom. The van der Waals surface area contributed by atoms with Crippen molar-refractivity contribution < 1.29 is 19.0 Å². The number of para-hydroxylation sites is 2. The standard InChI is InChI=1S/C33H32N2O5S/c1-5-38-32(37)29-22(4)34-33-35(30(29)25-16-10-12-18-27(25)40-21(2)3)31(36)28(41-33)19-24-15-9-11-17-26(24)39-20-23-13-7-6-8-14-23/h6-19,21,30H,5,20H2,1-4H3/b28-19-/t30-/m1/s1. The Balaban J connectivity index is 1.64. The van der Waals surface area contributed by atoms with Gasteiger partial charge in [0.15, 0.2) is 4.80 Å². The zero-order valence-corrected chi connectivity index (χ0v) is 24.3. The van der Waals surface area contributed by atoms with Gasteiger partial charge in [0.25, 0.3) is 5.56 Å². The number of ether oxygens (including phenoxy) is 3. The van der Waals surface area contributed by atoms with Crippen LogP contribution in [0.3, 0.4) is 0 Å². The highest BCUT2D eigenvalue weighted by Crippen LogP contribution is 2.36. The fraction of sp³-hybridized carbons (Fsp3) is 0.242. The minimum absolute atomic E-state index is 0.101. The van der Waals surface area contributed by atoms with Crippen molar-refractivity contribution >= 4 is 23.4 Å². The zero-order valence-electron chi connectivity index (χ0n) is 23.5. The van der Waals surface area contributed by atoms with Crippen molar-refractivity contribution in [1.82, 2.24) is 4.57 Å². The maximum atomic E-state index is 14.1. The lowest BCUT2D eigenvalue weighted by Gasteiger charge is -2.26. The summed E-state index contributed by atoms with van der Waals surface area (Å²) in [6.45, 7) is 8.01. The summed E-state index contributed by atoms with van der Waals surface area (Å²) in [7, 11) is 0. The van der Waals surface area contributed by atoms with Crippen LogP contribution >= 0.6 is 11.3 Å². The third-order valence-corrected chi connectivity index (χ3v) is 7.52. The van der Waals surface area contributed by atoms with Gasteiger partial charge in [0.2, 0.25) is 0 Å². The van der Waals surface area contributed by atoms with Crippen molar-refractivity contribution in [3.63, 3.8) is 0 Å². The molecule has 1 aromatic heterocycles. The van der Waals surface area contributed by atoms with Gasteiger partial charge < -0.3 is 14.2 Å². The maximum Gasteiger partial charge on any atom is 0.338 e. The molecule has 0 amide bonds. The van der Waals surface area contributed by atoms with Crippen LogP contribution in [0.2, 0.25) is 0 Å². The predicted octanol–water partition coefficient (Wildman–Crippen LogP) is 5.16. The fourth-order valence-electron chi connectivity index (χ4n) is 4.76. The Bertz CT molecular complexity index is 1770. The third-order valence-electron chi connectivity index (χ3n) is 6.54. The van der Waals surface area contributed by atoms with Gasteiger partial charge in [-0.15, -0.1) is 0 Å². The molecule has 0 N–H and O–H groups in total. The van der Waals surface area contributed by atoms with E-state index in [0.29, 0.717) is 44.3 Å². The lowest BCUT2D eigenvalue weighted by atomic mass is 9.95. The zero-order chi connectivity index (χ0) is 28.9. The van der Waals surface area contributed by atoms with Crippen molar-refractivity contribution in [2.24, 2.45) is 4.99 Å². The number of benzene rings is 3. The van der Waals surface area contributed by atoms with Gasteiger partial charge in [-0.25, -0.2) is 9.79 Å². The molecule has 41 heavy (non-hydrogen) atoms. The Morgan fingerprint density at radius 2 is 1.68 bits per heavy atom. The van der Waals surface area contributed by atoms with Gasteiger partial charge in [0.1, 0.15) is 24.1 Å². The van der Waals surface area contributed by atoms with Gasteiger partial charge in [-0.05, 0) is 51.5 Å². The van der Waals surface area contributed by atoms with Crippen LogP contribution in [0.15, 0.2) is 99.9 Å². The first-order chi connectivity index (χ1) is 19.9. The SMILES string of the molecule is CCOC(=O)C1=C(C)N=c2s/c(=C\c3ccccc3OCc3ccccc3)c(=O)n2[C@@H]1c1ccccc1OC(C)C. The Labute approximate surface area is 242 Å². The third kappa shape index (κ3) is 6.02. The molecule has 8 heteroatoms. The summed E-state index contributed by atoms with van der Waals surface area (Å²) in [6.07, 6.45) is 1.72. The molecular weight excluding hydrogens is 536 g/mol. The molecule has 0 aliphatic carbocycles. The number of fused-ring (bicyclic) bond motifs is 1. The summed E-state index contributed by atoms with van der Waals surface area (Å²) in [4.78, 5) is 32.5. The van der Waals surface area contributed by atoms with E-state index in [4.69, 9.17) is 14.2 Å². The predicted molar refractivity (Wildman–Crippen MR) is 160 cm³/mol. The molecule has 1 atom stereocenters. The van der Waals surface area contributed by atoms with Crippen molar-refractivity contribution in [1.29, 1.82) is 0 Å². The molecule has 0 fully saturated rings. The average Bonchev–Trinajstić information content (AvgIpc) is 3.26. The number of thiazole rings is 1. The highest BCUT2D eigenvalue weighted by Gasteiger charge is 2.35. The van der Waals surface area contributed by atoms with Gasteiger partial charge in [-0.2, -0.15) is 0 Å². The van der Waals surface area contributed by atoms with Crippen molar-refractivity contribution in [3.05, 3.63) is 127 Å². The van der Waals surface area contributed by atoms with E-state index < -0.39 is 12.0 Å². The summed E-state index contributed by atoms with van der Waals surface area (Å²) in [5.41, 5.74) is 3.08. The van der Waals surface area contributed by atoms with Crippen LogP contribution in [-0.4, -0.2) is 23.2 Å². The lowest BCUT2D eigenvalue weighted by Crippen LogP contribution is -2.40. The first-order valence-corrected chi connectivity index (χ1v) is 14.4. The number of hydrogen-bond acceptors (Lipinski definition) is 7. The molecule has 210 valence electrons. The number of carbonyl (C=O) groups excluding carboxylic acids is 1. The van der Waals surface area contributed by atoms with Gasteiger partial charge >= 0.3 is 5.97 Å². The smallest absolute Gasteiger partial charge is 0.338 e. The maximum absolute atomic E-state index is 14.1. The molecule has 3 aromatic carbocycles. The molecule has 1 aliphatic heterocycles. The first-order valence-electron chi connectivity index (χ1n) is 13.6. The van der Waals surface area contributed by atoms with Crippen molar-refractivity contribution in [3.8, 4) is 11.5 Å². The van der Waals surface area contributed by atoms with E-state index in [1.807, 2.05) is 98.8 Å². The van der Waals surface area contributed by atoms with Crippen molar-refractivity contribution in [2.75, 3.05) is 6.61 Å². The van der Waals surface area contributed by atoms with Crippen LogP contribution in [-0.2, 0) is 16.1 Å². The number of hydrogen-bond donors (Lipinski definition) is 0. The monoisotopic (exact) mass is 568 g/mol. The van der Waals surface area contributed by atoms with Gasteiger partial charge in [0.05, 0.1) is 28.5 Å². The Hall–Kier alpha value is -4.43. The van der Waals surface area contributed by atoms with Gasteiger partial charge in [0, 0.05) is 11.1 Å². The number of allylic oxidation sites excluding steroid dienone is 1. The second-order valence-corrected chi connectivity index (χ2v) is 10.8. The molecule has 7 nitrogen and oxygen atoms in total. The lowest BCUT2D eigenvalue weighted by molar-refractivity contribution is -0.139.